The van der Waals surface area contributed by atoms with Gasteiger partial charge in [-0.05, 0) is 44.9 Å². The van der Waals surface area contributed by atoms with Crippen molar-refractivity contribution in [3.63, 3.8) is 0 Å². The standard InChI is InChI=1S/C19H34O4/c1-2-3-4-5-6-7-8-9-10-11-12-13-14-15-19(22)23-17-18(21)16-20/h2,7-8,18,20-21H,1,3-6,9-17H2/b8-7-. The van der Waals surface area contributed by atoms with Gasteiger partial charge in [-0.1, -0.05) is 37.5 Å². The Bertz CT molecular complexity index is 312. The molecule has 0 aromatic carbocycles. The van der Waals surface area contributed by atoms with E-state index >= 15 is 0 Å². The van der Waals surface area contributed by atoms with Crippen molar-refractivity contribution in [3.05, 3.63) is 24.8 Å². The predicted molar refractivity (Wildman–Crippen MR) is 94.2 cm³/mol. The summed E-state index contributed by atoms with van der Waals surface area (Å²) in [5, 5.41) is 17.7. The molecule has 4 nitrogen and oxygen atoms in total. The zero-order valence-corrected chi connectivity index (χ0v) is 14.4. The van der Waals surface area contributed by atoms with E-state index in [1.54, 1.807) is 0 Å². The fourth-order valence-corrected chi connectivity index (χ4v) is 2.16. The van der Waals surface area contributed by atoms with Gasteiger partial charge in [0.05, 0.1) is 6.61 Å². The van der Waals surface area contributed by atoms with Crippen LogP contribution in [-0.2, 0) is 9.53 Å². The highest BCUT2D eigenvalue weighted by Crippen LogP contribution is 2.09. The molecule has 0 fully saturated rings. The maximum absolute atomic E-state index is 11.3. The van der Waals surface area contributed by atoms with Crippen molar-refractivity contribution in [1.82, 2.24) is 0 Å². The van der Waals surface area contributed by atoms with Gasteiger partial charge in [-0.15, -0.1) is 6.58 Å². The van der Waals surface area contributed by atoms with Crippen LogP contribution in [0.2, 0.25) is 0 Å². The maximum Gasteiger partial charge on any atom is 0.305 e. The number of unbranched alkanes of at least 4 members (excludes halogenated alkanes) is 8. The fraction of sp³-hybridized carbons (Fsp3) is 0.737. The second-order valence-corrected chi connectivity index (χ2v) is 5.87. The molecule has 0 aliphatic carbocycles. The summed E-state index contributed by atoms with van der Waals surface area (Å²) in [7, 11) is 0. The molecule has 0 bridgehead atoms. The Labute approximate surface area is 141 Å². The zero-order chi connectivity index (χ0) is 17.2. The summed E-state index contributed by atoms with van der Waals surface area (Å²) in [6.45, 7) is 3.22. The number of hydrogen-bond donors (Lipinski definition) is 2. The van der Waals surface area contributed by atoms with Crippen LogP contribution < -0.4 is 0 Å². The summed E-state index contributed by atoms with van der Waals surface area (Å²) in [5.41, 5.74) is 0. The Balaban J connectivity index is 3.25. The minimum absolute atomic E-state index is 0.116. The van der Waals surface area contributed by atoms with Crippen molar-refractivity contribution < 1.29 is 19.7 Å². The Hall–Kier alpha value is -1.13. The number of hydrogen-bond acceptors (Lipinski definition) is 4. The van der Waals surface area contributed by atoms with E-state index in [0.29, 0.717) is 6.42 Å². The van der Waals surface area contributed by atoms with Crippen molar-refractivity contribution in [2.75, 3.05) is 13.2 Å². The summed E-state index contributed by atoms with van der Waals surface area (Å²) < 4.78 is 4.84. The first-order valence-corrected chi connectivity index (χ1v) is 8.91. The lowest BCUT2D eigenvalue weighted by Gasteiger charge is -2.08. The van der Waals surface area contributed by atoms with Crippen molar-refractivity contribution in [1.29, 1.82) is 0 Å². The molecule has 0 aliphatic heterocycles. The van der Waals surface area contributed by atoms with Crippen LogP contribution in [0.5, 0.6) is 0 Å². The average molecular weight is 326 g/mol. The Morgan fingerprint density at radius 3 is 2.17 bits per heavy atom. The molecule has 0 radical (unpaired) electrons. The van der Waals surface area contributed by atoms with Crippen LogP contribution >= 0.6 is 0 Å². The number of aliphatic hydroxyl groups excluding tert-OH is 2. The van der Waals surface area contributed by atoms with Gasteiger partial charge in [0, 0.05) is 6.42 Å². The Morgan fingerprint density at radius 1 is 0.957 bits per heavy atom. The maximum atomic E-state index is 11.3. The number of ether oxygens (including phenoxy) is 1. The first-order chi connectivity index (χ1) is 11.2. The minimum Gasteiger partial charge on any atom is -0.463 e. The van der Waals surface area contributed by atoms with Gasteiger partial charge in [0.1, 0.15) is 12.7 Å². The third kappa shape index (κ3) is 17.1. The van der Waals surface area contributed by atoms with E-state index in [9.17, 15) is 4.79 Å². The topological polar surface area (TPSA) is 66.8 Å². The van der Waals surface area contributed by atoms with Crippen molar-refractivity contribution in [3.8, 4) is 0 Å². The van der Waals surface area contributed by atoms with Crippen molar-refractivity contribution >= 4 is 5.97 Å². The highest BCUT2D eigenvalue weighted by Gasteiger charge is 2.07. The number of rotatable bonds is 16. The number of carbonyl (C=O) groups is 1. The van der Waals surface area contributed by atoms with Crippen LogP contribution in [-0.4, -0.2) is 35.5 Å². The first kappa shape index (κ1) is 21.9. The van der Waals surface area contributed by atoms with E-state index in [-0.39, 0.29) is 19.2 Å². The number of carbonyl (C=O) groups excluding carboxylic acids is 1. The van der Waals surface area contributed by atoms with Gasteiger partial charge in [-0.3, -0.25) is 4.79 Å². The highest BCUT2D eigenvalue weighted by molar-refractivity contribution is 5.69. The van der Waals surface area contributed by atoms with E-state index in [4.69, 9.17) is 14.9 Å². The molecule has 4 heteroatoms. The summed E-state index contributed by atoms with van der Waals surface area (Å²) >= 11 is 0. The molecule has 0 heterocycles. The number of aliphatic hydroxyl groups is 2. The molecular weight excluding hydrogens is 292 g/mol. The second-order valence-electron chi connectivity index (χ2n) is 5.87. The van der Waals surface area contributed by atoms with E-state index < -0.39 is 6.10 Å². The average Bonchev–Trinajstić information content (AvgIpc) is 2.56. The summed E-state index contributed by atoms with van der Waals surface area (Å²) in [6, 6.07) is 0. The number of allylic oxidation sites excluding steroid dienone is 3. The Kier molecular flexibility index (Phi) is 16.4. The van der Waals surface area contributed by atoms with Crippen LogP contribution in [0, 0.1) is 0 Å². The quantitative estimate of drug-likeness (QED) is 0.256. The van der Waals surface area contributed by atoms with Crippen LogP contribution in [0.15, 0.2) is 24.8 Å². The molecular formula is C19H34O4. The third-order valence-corrected chi connectivity index (χ3v) is 3.59. The molecule has 0 saturated heterocycles. The second kappa shape index (κ2) is 17.2. The molecule has 0 amide bonds. The molecule has 0 rings (SSSR count). The highest BCUT2D eigenvalue weighted by atomic mass is 16.5. The lowest BCUT2D eigenvalue weighted by Crippen LogP contribution is -2.21. The lowest BCUT2D eigenvalue weighted by molar-refractivity contribution is -0.147. The van der Waals surface area contributed by atoms with Crippen LogP contribution in [0.25, 0.3) is 0 Å². The predicted octanol–water partition coefficient (Wildman–Crippen LogP) is 3.92. The largest absolute Gasteiger partial charge is 0.463 e. The van der Waals surface area contributed by atoms with Gasteiger partial charge in [0.15, 0.2) is 0 Å². The molecule has 1 atom stereocenters. The van der Waals surface area contributed by atoms with Gasteiger partial charge in [-0.25, -0.2) is 0 Å². The summed E-state index contributed by atoms with van der Waals surface area (Å²) in [4.78, 5) is 11.3. The Morgan fingerprint density at radius 2 is 1.52 bits per heavy atom. The van der Waals surface area contributed by atoms with Crippen LogP contribution in [0.4, 0.5) is 0 Å². The molecule has 23 heavy (non-hydrogen) atoms. The molecule has 0 aromatic heterocycles. The summed E-state index contributed by atoms with van der Waals surface area (Å²) in [6.07, 6.45) is 17.2. The normalized spacial score (nSPS) is 12.4. The molecule has 2 N–H and O–H groups in total. The van der Waals surface area contributed by atoms with Crippen molar-refractivity contribution in [2.24, 2.45) is 0 Å². The molecule has 0 saturated carbocycles. The van der Waals surface area contributed by atoms with Gasteiger partial charge in [0.2, 0.25) is 0 Å². The van der Waals surface area contributed by atoms with E-state index in [0.717, 1.165) is 32.1 Å². The first-order valence-electron chi connectivity index (χ1n) is 8.91. The van der Waals surface area contributed by atoms with Gasteiger partial charge in [-0.2, -0.15) is 0 Å². The molecule has 0 aromatic rings. The minimum atomic E-state index is -0.964. The van der Waals surface area contributed by atoms with Gasteiger partial charge < -0.3 is 14.9 Å². The number of esters is 1. The smallest absolute Gasteiger partial charge is 0.305 e. The van der Waals surface area contributed by atoms with E-state index in [2.05, 4.69) is 18.7 Å². The third-order valence-electron chi connectivity index (χ3n) is 3.59. The van der Waals surface area contributed by atoms with Crippen LogP contribution in [0.1, 0.15) is 70.6 Å². The summed E-state index contributed by atoms with van der Waals surface area (Å²) in [5.74, 6) is -0.295. The van der Waals surface area contributed by atoms with Gasteiger partial charge in [0.25, 0.3) is 0 Å². The zero-order valence-electron chi connectivity index (χ0n) is 14.4. The monoisotopic (exact) mass is 326 g/mol. The molecule has 134 valence electrons. The van der Waals surface area contributed by atoms with E-state index in [1.165, 1.54) is 32.1 Å². The van der Waals surface area contributed by atoms with Crippen LogP contribution in [0.3, 0.4) is 0 Å². The van der Waals surface area contributed by atoms with E-state index in [1.807, 2.05) is 6.08 Å². The van der Waals surface area contributed by atoms with Crippen molar-refractivity contribution in [2.45, 2.75) is 76.7 Å². The lowest BCUT2D eigenvalue weighted by atomic mass is 10.1. The molecule has 0 spiro atoms. The molecule has 0 aliphatic rings. The van der Waals surface area contributed by atoms with Gasteiger partial charge >= 0.3 is 5.97 Å². The fourth-order valence-electron chi connectivity index (χ4n) is 2.16. The molecule has 1 unspecified atom stereocenters. The SMILES string of the molecule is C=CCCCC/C=C\CCCCCCCC(=O)OCC(O)CO.